The molecule has 7 heteroatoms. The van der Waals surface area contributed by atoms with Gasteiger partial charge in [-0.05, 0) is 54.2 Å². The number of hydrogen-bond acceptors (Lipinski definition) is 2. The van der Waals surface area contributed by atoms with Gasteiger partial charge in [-0.2, -0.15) is 13.2 Å². The first-order valence-corrected chi connectivity index (χ1v) is 10.1. The predicted octanol–water partition coefficient (Wildman–Crippen LogP) is 6.19. The van der Waals surface area contributed by atoms with E-state index < -0.39 is 41.7 Å². The number of alkyl halides is 3. The Balaban J connectivity index is 2.33. The summed E-state index contributed by atoms with van der Waals surface area (Å²) in [7, 11) is 1.54. The zero-order valence-electron chi connectivity index (χ0n) is 18.5. The van der Waals surface area contributed by atoms with Crippen molar-refractivity contribution >= 4 is 5.91 Å². The van der Waals surface area contributed by atoms with E-state index in [-0.39, 0.29) is 12.0 Å². The van der Waals surface area contributed by atoms with E-state index in [0.717, 1.165) is 17.7 Å². The number of rotatable bonds is 8. The molecule has 3 nitrogen and oxygen atoms in total. The van der Waals surface area contributed by atoms with Crippen LogP contribution in [0.15, 0.2) is 42.5 Å². The zero-order valence-corrected chi connectivity index (χ0v) is 18.5. The summed E-state index contributed by atoms with van der Waals surface area (Å²) < 4.78 is 59.5. The van der Waals surface area contributed by atoms with Gasteiger partial charge in [0.05, 0.1) is 19.1 Å². The van der Waals surface area contributed by atoms with Crippen LogP contribution < -0.4 is 10.1 Å². The molecule has 0 aliphatic heterocycles. The van der Waals surface area contributed by atoms with E-state index in [0.29, 0.717) is 11.3 Å². The maximum atomic E-state index is 14.0. The third-order valence-electron chi connectivity index (χ3n) is 5.50. The fraction of sp³-hybridized carbons (Fsp3) is 0.400. The maximum absolute atomic E-state index is 14.0. The van der Waals surface area contributed by atoms with Crippen molar-refractivity contribution in [2.75, 3.05) is 7.11 Å². The van der Waals surface area contributed by atoms with E-state index in [1.165, 1.54) is 6.07 Å². The van der Waals surface area contributed by atoms with Gasteiger partial charge in [-0.15, -0.1) is 12.3 Å². The van der Waals surface area contributed by atoms with Crippen LogP contribution >= 0.6 is 0 Å². The molecule has 32 heavy (non-hydrogen) atoms. The summed E-state index contributed by atoms with van der Waals surface area (Å²) in [6.45, 7) is 4.95. The third-order valence-corrected chi connectivity index (χ3v) is 5.50. The molecule has 0 saturated heterocycles. The van der Waals surface area contributed by atoms with Crippen molar-refractivity contribution in [2.45, 2.75) is 51.2 Å². The quantitative estimate of drug-likeness (QED) is 0.385. The Morgan fingerprint density at radius 2 is 1.78 bits per heavy atom. The highest BCUT2D eigenvalue weighted by molar-refractivity contribution is 5.96. The Morgan fingerprint density at radius 1 is 1.16 bits per heavy atom. The summed E-state index contributed by atoms with van der Waals surface area (Å²) in [5.74, 6) is -0.219. The van der Waals surface area contributed by atoms with Crippen molar-refractivity contribution in [3.8, 4) is 18.1 Å². The second-order valence-corrected chi connectivity index (χ2v) is 8.39. The van der Waals surface area contributed by atoms with Crippen LogP contribution in [0.5, 0.6) is 5.75 Å². The Morgan fingerprint density at radius 3 is 2.31 bits per heavy atom. The molecule has 0 unspecified atom stereocenters. The Kier molecular flexibility index (Phi) is 7.95. The largest absolute Gasteiger partial charge is 0.497 e. The zero-order chi connectivity index (χ0) is 24.1. The smallest absolute Gasteiger partial charge is 0.392 e. The molecule has 2 rings (SSSR count). The molecule has 0 spiro atoms. The molecular weight excluding hydrogens is 422 g/mol. The van der Waals surface area contributed by atoms with E-state index in [9.17, 15) is 22.4 Å². The fourth-order valence-corrected chi connectivity index (χ4v) is 3.72. The lowest BCUT2D eigenvalue weighted by molar-refractivity contribution is -0.178. The summed E-state index contributed by atoms with van der Waals surface area (Å²) in [6, 6.07) is 10.2. The minimum absolute atomic E-state index is 0.00278. The fourth-order valence-electron chi connectivity index (χ4n) is 3.72. The van der Waals surface area contributed by atoms with E-state index in [2.05, 4.69) is 11.2 Å². The second kappa shape index (κ2) is 10.1. The number of carbonyl (C=O) groups excluding carboxylic acids is 1. The van der Waals surface area contributed by atoms with Crippen LogP contribution in [0.1, 0.15) is 61.1 Å². The molecule has 0 radical (unpaired) electrons. The van der Waals surface area contributed by atoms with Crippen molar-refractivity contribution in [2.24, 2.45) is 5.92 Å². The maximum Gasteiger partial charge on any atom is 0.392 e. The van der Waals surface area contributed by atoms with E-state index in [1.54, 1.807) is 52.1 Å². The van der Waals surface area contributed by atoms with Crippen molar-refractivity contribution in [1.82, 2.24) is 5.32 Å². The van der Waals surface area contributed by atoms with Gasteiger partial charge in [-0.25, -0.2) is 4.39 Å². The summed E-state index contributed by atoms with van der Waals surface area (Å²) in [6.07, 6.45) is -0.140. The summed E-state index contributed by atoms with van der Waals surface area (Å²) in [5, 5.41) is 2.80. The van der Waals surface area contributed by atoms with Gasteiger partial charge in [0.25, 0.3) is 5.91 Å². The van der Waals surface area contributed by atoms with Gasteiger partial charge in [0, 0.05) is 12.0 Å². The molecule has 172 valence electrons. The SMILES string of the molecule is C#CC[C@@H](CC(C)(C)c1ccc(F)cc1C(=O)N[C@@H](C)c1ccc(OC)cc1)C(F)(F)F. The second-order valence-electron chi connectivity index (χ2n) is 8.39. The molecule has 0 heterocycles. The number of carbonyl (C=O) groups is 1. The molecular formula is C25H27F4NO2. The summed E-state index contributed by atoms with van der Waals surface area (Å²) >= 11 is 0. The molecule has 0 aliphatic rings. The van der Waals surface area contributed by atoms with Crippen LogP contribution in [0.2, 0.25) is 0 Å². The molecule has 0 fully saturated rings. The van der Waals surface area contributed by atoms with E-state index in [4.69, 9.17) is 11.2 Å². The Labute approximate surface area is 186 Å². The molecule has 0 saturated carbocycles. The standard InChI is InChI=1S/C25H27F4NO2/c1-6-7-18(25(27,28)29)15-24(3,4)22-13-10-19(26)14-21(22)23(31)30-16(2)17-8-11-20(32-5)12-9-17/h1,8-14,16,18H,7,15H2,2-5H3,(H,30,31)/t16-,18-/m0/s1. The predicted molar refractivity (Wildman–Crippen MR) is 116 cm³/mol. The number of terminal acetylenes is 1. The van der Waals surface area contributed by atoms with Gasteiger partial charge in [0.2, 0.25) is 0 Å². The van der Waals surface area contributed by atoms with Crippen LogP contribution in [0.25, 0.3) is 0 Å². The minimum Gasteiger partial charge on any atom is -0.497 e. The molecule has 2 aromatic carbocycles. The number of hydrogen-bond donors (Lipinski definition) is 1. The topological polar surface area (TPSA) is 38.3 Å². The molecule has 0 bridgehead atoms. The van der Waals surface area contributed by atoms with Gasteiger partial charge < -0.3 is 10.1 Å². The van der Waals surface area contributed by atoms with Gasteiger partial charge in [-0.1, -0.05) is 32.0 Å². The van der Waals surface area contributed by atoms with Crippen molar-refractivity contribution < 1.29 is 27.1 Å². The molecule has 1 amide bonds. The van der Waals surface area contributed by atoms with Crippen LogP contribution in [0, 0.1) is 24.1 Å². The molecule has 2 aromatic rings. The lowest BCUT2D eigenvalue weighted by atomic mass is 9.74. The minimum atomic E-state index is -4.48. The van der Waals surface area contributed by atoms with Crippen LogP contribution in [-0.4, -0.2) is 19.2 Å². The third kappa shape index (κ3) is 6.25. The average molecular weight is 449 g/mol. The van der Waals surface area contributed by atoms with Crippen LogP contribution in [-0.2, 0) is 5.41 Å². The number of methoxy groups -OCH3 is 1. The lowest BCUT2D eigenvalue weighted by Crippen LogP contribution is -2.34. The highest BCUT2D eigenvalue weighted by Gasteiger charge is 2.43. The number of nitrogens with one attached hydrogen (secondary N) is 1. The highest BCUT2D eigenvalue weighted by atomic mass is 19.4. The summed E-state index contributed by atoms with van der Waals surface area (Å²) in [4.78, 5) is 13.0. The molecule has 0 aliphatic carbocycles. The first-order chi connectivity index (χ1) is 14.9. The summed E-state index contributed by atoms with van der Waals surface area (Å²) in [5.41, 5.74) is 0.0323. The van der Waals surface area contributed by atoms with Crippen molar-refractivity contribution in [3.05, 3.63) is 65.0 Å². The van der Waals surface area contributed by atoms with Gasteiger partial charge in [-0.3, -0.25) is 4.79 Å². The first kappa shape index (κ1) is 25.3. The molecule has 0 aromatic heterocycles. The Hall–Kier alpha value is -3.01. The monoisotopic (exact) mass is 449 g/mol. The first-order valence-electron chi connectivity index (χ1n) is 10.1. The number of benzene rings is 2. The number of halogens is 4. The normalized spacial score (nSPS) is 13.7. The van der Waals surface area contributed by atoms with Gasteiger partial charge in [0.15, 0.2) is 0 Å². The Bertz CT molecular complexity index is 975. The highest BCUT2D eigenvalue weighted by Crippen LogP contribution is 2.40. The van der Waals surface area contributed by atoms with Gasteiger partial charge >= 0.3 is 6.18 Å². The number of amides is 1. The molecule has 2 atom stereocenters. The van der Waals surface area contributed by atoms with Gasteiger partial charge in [0.1, 0.15) is 11.6 Å². The van der Waals surface area contributed by atoms with E-state index in [1.807, 2.05) is 0 Å². The lowest BCUT2D eigenvalue weighted by Gasteiger charge is -2.32. The van der Waals surface area contributed by atoms with Crippen LogP contribution in [0.3, 0.4) is 0 Å². The van der Waals surface area contributed by atoms with Crippen LogP contribution in [0.4, 0.5) is 17.6 Å². The average Bonchev–Trinajstić information content (AvgIpc) is 2.72. The van der Waals surface area contributed by atoms with E-state index >= 15 is 0 Å². The number of ether oxygens (including phenoxy) is 1. The van der Waals surface area contributed by atoms with Crippen molar-refractivity contribution in [1.29, 1.82) is 0 Å². The molecule has 1 N–H and O–H groups in total. The van der Waals surface area contributed by atoms with Crippen molar-refractivity contribution in [3.63, 3.8) is 0 Å².